The van der Waals surface area contributed by atoms with Gasteiger partial charge in [0.2, 0.25) is 0 Å². The molecule has 0 aliphatic rings. The van der Waals surface area contributed by atoms with Crippen LogP contribution in [-0.2, 0) is 19.8 Å². The first-order valence-electron chi connectivity index (χ1n) is 8.58. The van der Waals surface area contributed by atoms with E-state index in [4.69, 9.17) is 15.0 Å². The molecular formula is C21H17N5O2. The number of nitrogens with zero attached hydrogens (tertiary/aromatic N) is 5. The number of azide groups is 1. The number of hydrogen-bond donors (Lipinski definition) is 0. The van der Waals surface area contributed by atoms with E-state index in [2.05, 4.69) is 15.0 Å². The smallest absolute Gasteiger partial charge is 0.183 e. The predicted octanol–water partition coefficient (Wildman–Crippen LogP) is 4.92. The Morgan fingerprint density at radius 1 is 0.964 bits per heavy atom. The lowest BCUT2D eigenvalue weighted by molar-refractivity contribution is 0.252. The second-order valence-corrected chi connectivity index (χ2v) is 5.83. The maximum atomic E-state index is 9.28. The Bertz CT molecular complexity index is 1010. The van der Waals surface area contributed by atoms with Gasteiger partial charge in [0.05, 0.1) is 12.2 Å². The van der Waals surface area contributed by atoms with Crippen LogP contribution in [-0.4, -0.2) is 4.98 Å². The van der Waals surface area contributed by atoms with Gasteiger partial charge in [-0.3, -0.25) is 0 Å². The molecule has 0 spiro atoms. The summed E-state index contributed by atoms with van der Waals surface area (Å²) in [6, 6.07) is 22.8. The molecule has 0 atom stereocenters. The Hall–Kier alpha value is -4.01. The average molecular weight is 371 g/mol. The third kappa shape index (κ3) is 5.01. The number of aromatic nitrogens is 1. The van der Waals surface area contributed by atoms with Crippen LogP contribution in [0.5, 0.6) is 11.5 Å². The molecule has 2 aromatic carbocycles. The fraction of sp³-hybridized carbons (Fsp3) is 0.143. The summed E-state index contributed by atoms with van der Waals surface area (Å²) in [6.45, 7) is 0.551. The van der Waals surface area contributed by atoms with Gasteiger partial charge in [0.15, 0.2) is 11.5 Å². The van der Waals surface area contributed by atoms with Crippen molar-refractivity contribution in [1.29, 1.82) is 5.26 Å². The van der Waals surface area contributed by atoms with Crippen LogP contribution < -0.4 is 9.47 Å². The van der Waals surface area contributed by atoms with E-state index in [9.17, 15) is 5.26 Å². The maximum absolute atomic E-state index is 9.28. The number of nitriles is 1. The Balaban J connectivity index is 1.91. The Morgan fingerprint density at radius 3 is 2.14 bits per heavy atom. The van der Waals surface area contributed by atoms with E-state index in [0.29, 0.717) is 30.4 Å². The SMILES string of the molecule is N#Cc1cc(OCc2ccccc2)c(OCc2ccccc2)c(CN=[N+]=[N-])n1. The molecule has 0 bridgehead atoms. The molecule has 7 nitrogen and oxygen atoms in total. The van der Waals surface area contributed by atoms with Gasteiger partial charge in [0, 0.05) is 11.0 Å². The lowest BCUT2D eigenvalue weighted by Crippen LogP contribution is -2.06. The summed E-state index contributed by atoms with van der Waals surface area (Å²) in [5, 5.41) is 12.8. The molecule has 0 amide bonds. The molecule has 1 aromatic heterocycles. The van der Waals surface area contributed by atoms with Gasteiger partial charge in [-0.1, -0.05) is 65.8 Å². The topological polar surface area (TPSA) is 104 Å². The van der Waals surface area contributed by atoms with Crippen molar-refractivity contribution in [1.82, 2.24) is 4.98 Å². The highest BCUT2D eigenvalue weighted by atomic mass is 16.5. The molecule has 3 aromatic rings. The molecule has 0 N–H and O–H groups in total. The van der Waals surface area contributed by atoms with Crippen molar-refractivity contribution in [2.24, 2.45) is 5.11 Å². The fourth-order valence-corrected chi connectivity index (χ4v) is 2.55. The second kappa shape index (κ2) is 9.62. The van der Waals surface area contributed by atoms with E-state index >= 15 is 0 Å². The molecule has 0 saturated heterocycles. The maximum Gasteiger partial charge on any atom is 0.183 e. The lowest BCUT2D eigenvalue weighted by Gasteiger charge is -2.16. The molecule has 1 heterocycles. The standard InChI is InChI=1S/C21H17N5O2/c22-12-18-11-20(27-14-16-7-3-1-4-8-16)21(19(25-18)13-24-26-23)28-15-17-9-5-2-6-10-17/h1-11H,13-15H2. The van der Waals surface area contributed by atoms with Crippen LogP contribution in [0.2, 0.25) is 0 Å². The molecule has 3 rings (SSSR count). The predicted molar refractivity (Wildman–Crippen MR) is 103 cm³/mol. The van der Waals surface area contributed by atoms with Crippen LogP contribution in [0.4, 0.5) is 0 Å². The van der Waals surface area contributed by atoms with Crippen molar-refractivity contribution < 1.29 is 9.47 Å². The van der Waals surface area contributed by atoms with E-state index < -0.39 is 0 Å². The Morgan fingerprint density at radius 2 is 1.57 bits per heavy atom. The van der Waals surface area contributed by atoms with Crippen LogP contribution in [0.25, 0.3) is 10.4 Å². The van der Waals surface area contributed by atoms with Gasteiger partial charge >= 0.3 is 0 Å². The first-order valence-corrected chi connectivity index (χ1v) is 8.58. The van der Waals surface area contributed by atoms with E-state index in [1.165, 1.54) is 6.07 Å². The van der Waals surface area contributed by atoms with Crippen molar-refractivity contribution in [2.75, 3.05) is 0 Å². The van der Waals surface area contributed by atoms with Crippen LogP contribution in [0.15, 0.2) is 71.8 Å². The number of pyridine rings is 1. The molecule has 28 heavy (non-hydrogen) atoms. The quantitative estimate of drug-likeness (QED) is 0.318. The van der Waals surface area contributed by atoms with Gasteiger partial charge in [-0.2, -0.15) is 5.26 Å². The van der Waals surface area contributed by atoms with E-state index in [-0.39, 0.29) is 12.2 Å². The molecule has 138 valence electrons. The van der Waals surface area contributed by atoms with Crippen LogP contribution >= 0.6 is 0 Å². The van der Waals surface area contributed by atoms with Crippen molar-refractivity contribution >= 4 is 0 Å². The molecule has 7 heteroatoms. The minimum atomic E-state index is -0.0438. The summed E-state index contributed by atoms with van der Waals surface area (Å²) >= 11 is 0. The lowest BCUT2D eigenvalue weighted by atomic mass is 10.2. The zero-order chi connectivity index (χ0) is 19.6. The molecule has 0 fully saturated rings. The Labute approximate surface area is 162 Å². The highest BCUT2D eigenvalue weighted by molar-refractivity contribution is 5.47. The summed E-state index contributed by atoms with van der Waals surface area (Å²) in [5.41, 5.74) is 11.1. The molecule has 0 aliphatic heterocycles. The molecule has 0 radical (unpaired) electrons. The normalized spacial score (nSPS) is 9.82. The van der Waals surface area contributed by atoms with Gasteiger partial charge in [-0.25, -0.2) is 4.98 Å². The van der Waals surface area contributed by atoms with E-state index in [1.54, 1.807) is 0 Å². The highest BCUT2D eigenvalue weighted by Crippen LogP contribution is 2.33. The summed E-state index contributed by atoms with van der Waals surface area (Å²) in [6.07, 6.45) is 0. The number of rotatable bonds is 8. The van der Waals surface area contributed by atoms with Gasteiger partial charge < -0.3 is 9.47 Å². The summed E-state index contributed by atoms with van der Waals surface area (Å²) in [7, 11) is 0. The number of hydrogen-bond acceptors (Lipinski definition) is 5. The van der Waals surface area contributed by atoms with E-state index in [0.717, 1.165) is 11.1 Å². The second-order valence-electron chi connectivity index (χ2n) is 5.83. The molecular weight excluding hydrogens is 354 g/mol. The number of ether oxygens (including phenoxy) is 2. The highest BCUT2D eigenvalue weighted by Gasteiger charge is 2.16. The molecule has 0 saturated carbocycles. The first kappa shape index (κ1) is 18.8. The third-order valence-electron chi connectivity index (χ3n) is 3.87. The summed E-state index contributed by atoms with van der Waals surface area (Å²) in [4.78, 5) is 7.00. The Kier molecular flexibility index (Phi) is 6.45. The van der Waals surface area contributed by atoms with Gasteiger partial charge in [0.1, 0.15) is 25.0 Å². The van der Waals surface area contributed by atoms with Crippen molar-refractivity contribution in [3.8, 4) is 17.6 Å². The third-order valence-corrected chi connectivity index (χ3v) is 3.87. The first-order chi connectivity index (χ1) is 13.8. The summed E-state index contributed by atoms with van der Waals surface area (Å²) < 4.78 is 11.9. The van der Waals surface area contributed by atoms with Crippen molar-refractivity contribution in [3.63, 3.8) is 0 Å². The zero-order valence-electron chi connectivity index (χ0n) is 15.0. The van der Waals surface area contributed by atoms with Gasteiger partial charge in [-0.05, 0) is 16.7 Å². The van der Waals surface area contributed by atoms with Crippen LogP contribution in [0, 0.1) is 11.3 Å². The summed E-state index contributed by atoms with van der Waals surface area (Å²) in [5.74, 6) is 0.751. The zero-order valence-corrected chi connectivity index (χ0v) is 15.0. The van der Waals surface area contributed by atoms with Crippen molar-refractivity contribution in [3.05, 3.63) is 99.7 Å². The molecule has 0 unspecified atom stereocenters. The van der Waals surface area contributed by atoms with Crippen LogP contribution in [0.1, 0.15) is 22.5 Å². The average Bonchev–Trinajstić information content (AvgIpc) is 2.76. The van der Waals surface area contributed by atoms with Crippen LogP contribution in [0.3, 0.4) is 0 Å². The fourth-order valence-electron chi connectivity index (χ4n) is 2.55. The van der Waals surface area contributed by atoms with Crippen molar-refractivity contribution in [2.45, 2.75) is 19.8 Å². The number of benzene rings is 2. The van der Waals surface area contributed by atoms with E-state index in [1.807, 2.05) is 66.7 Å². The molecule has 0 aliphatic carbocycles. The minimum absolute atomic E-state index is 0.0438. The van der Waals surface area contributed by atoms with Gasteiger partial charge in [0.25, 0.3) is 0 Å². The minimum Gasteiger partial charge on any atom is -0.485 e. The monoisotopic (exact) mass is 371 g/mol. The van der Waals surface area contributed by atoms with Gasteiger partial charge in [-0.15, -0.1) is 0 Å². The largest absolute Gasteiger partial charge is 0.485 e.